The Morgan fingerprint density at radius 3 is 2.60 bits per heavy atom. The maximum atomic E-state index is 11.7. The number of amides is 1. The van der Waals surface area contributed by atoms with Crippen molar-refractivity contribution >= 4 is 5.91 Å². The monoisotopic (exact) mass is 210 g/mol. The van der Waals surface area contributed by atoms with Crippen LogP contribution in [0.25, 0.3) is 0 Å². The predicted molar refractivity (Wildman–Crippen MR) is 60.3 cm³/mol. The first-order valence-electron chi connectivity index (χ1n) is 6.30. The second kappa shape index (κ2) is 4.97. The van der Waals surface area contributed by atoms with Crippen molar-refractivity contribution < 1.29 is 4.79 Å². The van der Waals surface area contributed by atoms with E-state index < -0.39 is 0 Å². The fraction of sp³-hybridized carbons (Fsp3) is 0.917. The normalized spacial score (nSPS) is 32.1. The van der Waals surface area contributed by atoms with Crippen LogP contribution in [0.2, 0.25) is 0 Å². The standard InChI is InChI=1S/C12H22N2O/c13-10-4-2-1-3-5-11(10)14-12(15)8-9-6-7-9/h9-11H,1-8,13H2,(H,14,15). The minimum atomic E-state index is 0.177. The van der Waals surface area contributed by atoms with Gasteiger partial charge in [0.15, 0.2) is 0 Å². The SMILES string of the molecule is NC1CCCCCC1NC(=O)CC1CC1. The zero-order valence-corrected chi connectivity index (χ0v) is 9.37. The molecule has 15 heavy (non-hydrogen) atoms. The Kier molecular flexibility index (Phi) is 3.62. The van der Waals surface area contributed by atoms with Gasteiger partial charge in [0.05, 0.1) is 0 Å². The third kappa shape index (κ3) is 3.49. The quantitative estimate of drug-likeness (QED) is 0.695. The maximum Gasteiger partial charge on any atom is 0.220 e. The summed E-state index contributed by atoms with van der Waals surface area (Å²) in [6.45, 7) is 0. The van der Waals surface area contributed by atoms with Crippen molar-refractivity contribution in [3.05, 3.63) is 0 Å². The molecular weight excluding hydrogens is 188 g/mol. The first-order valence-corrected chi connectivity index (χ1v) is 6.30. The molecule has 0 saturated heterocycles. The number of carbonyl (C=O) groups is 1. The van der Waals surface area contributed by atoms with Gasteiger partial charge in [-0.05, 0) is 31.6 Å². The number of nitrogens with two attached hydrogens (primary N) is 1. The summed E-state index contributed by atoms with van der Waals surface area (Å²) < 4.78 is 0. The fourth-order valence-electron chi connectivity index (χ4n) is 2.37. The molecule has 2 rings (SSSR count). The molecule has 2 aliphatic rings. The highest BCUT2D eigenvalue weighted by atomic mass is 16.1. The molecule has 86 valence electrons. The van der Waals surface area contributed by atoms with Crippen LogP contribution in [0.3, 0.4) is 0 Å². The molecule has 0 aromatic heterocycles. The molecule has 2 aliphatic carbocycles. The van der Waals surface area contributed by atoms with Gasteiger partial charge in [-0.1, -0.05) is 19.3 Å². The van der Waals surface area contributed by atoms with E-state index in [1.54, 1.807) is 0 Å². The summed E-state index contributed by atoms with van der Waals surface area (Å²) in [6, 6.07) is 0.411. The van der Waals surface area contributed by atoms with E-state index in [0.717, 1.165) is 19.3 Å². The molecular formula is C12H22N2O. The van der Waals surface area contributed by atoms with Gasteiger partial charge >= 0.3 is 0 Å². The van der Waals surface area contributed by atoms with Crippen LogP contribution in [0.15, 0.2) is 0 Å². The third-order valence-corrected chi connectivity index (χ3v) is 3.59. The van der Waals surface area contributed by atoms with Crippen LogP contribution < -0.4 is 11.1 Å². The van der Waals surface area contributed by atoms with Gasteiger partial charge in [0.1, 0.15) is 0 Å². The van der Waals surface area contributed by atoms with E-state index in [0.29, 0.717) is 5.92 Å². The highest BCUT2D eigenvalue weighted by Crippen LogP contribution is 2.32. The van der Waals surface area contributed by atoms with Gasteiger partial charge in [0.25, 0.3) is 0 Å². The van der Waals surface area contributed by atoms with Gasteiger partial charge < -0.3 is 11.1 Å². The van der Waals surface area contributed by atoms with Crippen molar-refractivity contribution in [1.29, 1.82) is 0 Å². The van der Waals surface area contributed by atoms with Gasteiger partial charge in [-0.2, -0.15) is 0 Å². The number of nitrogens with one attached hydrogen (secondary N) is 1. The molecule has 0 aromatic carbocycles. The molecule has 0 radical (unpaired) electrons. The van der Waals surface area contributed by atoms with E-state index in [-0.39, 0.29) is 18.0 Å². The predicted octanol–water partition coefficient (Wildman–Crippen LogP) is 1.56. The Balaban J connectivity index is 1.76. The summed E-state index contributed by atoms with van der Waals surface area (Å²) in [5.74, 6) is 0.895. The number of carbonyl (C=O) groups excluding carboxylic acids is 1. The van der Waals surface area contributed by atoms with Crippen LogP contribution in [0, 0.1) is 5.92 Å². The van der Waals surface area contributed by atoms with Gasteiger partial charge in [0.2, 0.25) is 5.91 Å². The first kappa shape index (κ1) is 10.9. The van der Waals surface area contributed by atoms with E-state index in [9.17, 15) is 4.79 Å². The summed E-state index contributed by atoms with van der Waals surface area (Å²) >= 11 is 0. The molecule has 0 heterocycles. The molecule has 0 spiro atoms. The molecule has 0 aliphatic heterocycles. The molecule has 2 atom stereocenters. The molecule has 2 fully saturated rings. The number of hydrogen-bond donors (Lipinski definition) is 2. The second-order valence-electron chi connectivity index (χ2n) is 5.12. The first-order chi connectivity index (χ1) is 7.25. The highest BCUT2D eigenvalue weighted by molar-refractivity contribution is 5.76. The van der Waals surface area contributed by atoms with Crippen LogP contribution in [-0.2, 0) is 4.79 Å². The molecule has 0 bridgehead atoms. The van der Waals surface area contributed by atoms with E-state index in [4.69, 9.17) is 5.73 Å². The van der Waals surface area contributed by atoms with Gasteiger partial charge in [-0.15, -0.1) is 0 Å². The fourth-order valence-corrected chi connectivity index (χ4v) is 2.37. The minimum absolute atomic E-state index is 0.177. The van der Waals surface area contributed by atoms with Crippen LogP contribution in [-0.4, -0.2) is 18.0 Å². The molecule has 2 unspecified atom stereocenters. The zero-order chi connectivity index (χ0) is 10.7. The maximum absolute atomic E-state index is 11.7. The number of hydrogen-bond acceptors (Lipinski definition) is 2. The van der Waals surface area contributed by atoms with E-state index in [2.05, 4.69) is 5.32 Å². The Labute approximate surface area is 91.8 Å². The summed E-state index contributed by atoms with van der Waals surface area (Å²) in [6.07, 6.45) is 9.03. The second-order valence-corrected chi connectivity index (χ2v) is 5.12. The van der Waals surface area contributed by atoms with E-state index >= 15 is 0 Å². The third-order valence-electron chi connectivity index (χ3n) is 3.59. The highest BCUT2D eigenvalue weighted by Gasteiger charge is 2.27. The van der Waals surface area contributed by atoms with Gasteiger partial charge in [-0.25, -0.2) is 0 Å². The molecule has 1 amide bonds. The molecule has 3 nitrogen and oxygen atoms in total. The van der Waals surface area contributed by atoms with Crippen LogP contribution >= 0.6 is 0 Å². The van der Waals surface area contributed by atoms with Crippen molar-refractivity contribution in [2.24, 2.45) is 11.7 Å². The van der Waals surface area contributed by atoms with Gasteiger partial charge in [-0.3, -0.25) is 4.79 Å². The van der Waals surface area contributed by atoms with Crippen molar-refractivity contribution in [2.75, 3.05) is 0 Å². The average molecular weight is 210 g/mol. The summed E-state index contributed by atoms with van der Waals surface area (Å²) in [7, 11) is 0. The van der Waals surface area contributed by atoms with Gasteiger partial charge in [0, 0.05) is 18.5 Å². The van der Waals surface area contributed by atoms with Crippen molar-refractivity contribution in [2.45, 2.75) is 63.5 Å². The zero-order valence-electron chi connectivity index (χ0n) is 9.37. The summed E-state index contributed by atoms with van der Waals surface area (Å²) in [5.41, 5.74) is 6.06. The largest absolute Gasteiger partial charge is 0.352 e. The Morgan fingerprint density at radius 1 is 1.13 bits per heavy atom. The smallest absolute Gasteiger partial charge is 0.220 e. The lowest BCUT2D eigenvalue weighted by Crippen LogP contribution is -2.47. The minimum Gasteiger partial charge on any atom is -0.352 e. The molecule has 3 heteroatoms. The van der Waals surface area contributed by atoms with Crippen LogP contribution in [0.4, 0.5) is 0 Å². The van der Waals surface area contributed by atoms with Crippen LogP contribution in [0.1, 0.15) is 51.4 Å². The molecule has 0 aromatic rings. The van der Waals surface area contributed by atoms with Crippen molar-refractivity contribution in [3.63, 3.8) is 0 Å². The lowest BCUT2D eigenvalue weighted by atomic mass is 10.0. The van der Waals surface area contributed by atoms with Crippen molar-refractivity contribution in [1.82, 2.24) is 5.32 Å². The molecule has 3 N–H and O–H groups in total. The van der Waals surface area contributed by atoms with E-state index in [1.807, 2.05) is 0 Å². The average Bonchev–Trinajstić information content (AvgIpc) is 2.98. The lowest BCUT2D eigenvalue weighted by molar-refractivity contribution is -0.122. The van der Waals surface area contributed by atoms with Crippen molar-refractivity contribution in [3.8, 4) is 0 Å². The Hall–Kier alpha value is -0.570. The number of rotatable bonds is 3. The van der Waals surface area contributed by atoms with E-state index in [1.165, 1.54) is 32.1 Å². The topological polar surface area (TPSA) is 55.1 Å². The van der Waals surface area contributed by atoms with Crippen LogP contribution in [0.5, 0.6) is 0 Å². The summed E-state index contributed by atoms with van der Waals surface area (Å²) in [4.78, 5) is 11.7. The Bertz CT molecular complexity index is 226. The Morgan fingerprint density at radius 2 is 1.87 bits per heavy atom. The molecule has 2 saturated carbocycles. The summed E-state index contributed by atoms with van der Waals surface area (Å²) in [5, 5.41) is 3.12. The lowest BCUT2D eigenvalue weighted by Gasteiger charge is -2.22.